The number of anilines is 2. The van der Waals surface area contributed by atoms with Gasteiger partial charge in [0.15, 0.2) is 0 Å². The van der Waals surface area contributed by atoms with Crippen molar-refractivity contribution in [1.29, 1.82) is 0 Å². The molecule has 2 rings (SSSR count). The molecule has 0 aromatic heterocycles. The summed E-state index contributed by atoms with van der Waals surface area (Å²) in [4.78, 5) is 23.7. The number of benzene rings is 2. The molecule has 0 saturated heterocycles. The van der Waals surface area contributed by atoms with Crippen LogP contribution >= 0.6 is 0 Å². The Morgan fingerprint density at radius 2 is 1.60 bits per heavy atom. The maximum atomic E-state index is 12.6. The largest absolute Gasteiger partial charge is 0.497 e. The minimum atomic E-state index is -3.80. The molecule has 0 aliphatic heterocycles. The maximum absolute atomic E-state index is 12.6. The number of ether oxygens (including phenoxy) is 1. The number of rotatable bonds is 9. The Bertz CT molecular complexity index is 975. The van der Waals surface area contributed by atoms with Crippen molar-refractivity contribution in [2.45, 2.75) is 31.2 Å². The maximum Gasteiger partial charge on any atom is 0.312 e. The van der Waals surface area contributed by atoms with Gasteiger partial charge in [0, 0.05) is 11.4 Å². The van der Waals surface area contributed by atoms with E-state index in [1.54, 1.807) is 24.3 Å². The fourth-order valence-electron chi connectivity index (χ4n) is 2.67. The van der Waals surface area contributed by atoms with Crippen LogP contribution in [-0.4, -0.2) is 33.5 Å². The number of primary amides is 1. The molecule has 2 aromatic carbocycles. The molecular weight excluding hydrogens is 408 g/mol. The van der Waals surface area contributed by atoms with E-state index in [1.807, 2.05) is 13.8 Å². The van der Waals surface area contributed by atoms with E-state index in [9.17, 15) is 18.0 Å². The van der Waals surface area contributed by atoms with Gasteiger partial charge < -0.3 is 21.1 Å². The first kappa shape index (κ1) is 23.0. The number of sulfonamides is 1. The molecule has 2 atom stereocenters. The van der Waals surface area contributed by atoms with Gasteiger partial charge in [-0.2, -0.15) is 0 Å². The first-order valence-electron chi connectivity index (χ1n) is 9.30. The van der Waals surface area contributed by atoms with Gasteiger partial charge in [0.25, 0.3) is 10.0 Å². The molecule has 0 spiro atoms. The number of amides is 3. The second-order valence-electron chi connectivity index (χ2n) is 6.72. The zero-order valence-electron chi connectivity index (χ0n) is 17.0. The SMILES string of the molecule is CC[C@@H](C)[C@@H](NC(N)=O)C(=O)Nc1ccc(S(=O)(=O)Nc2ccc(OC)cc2)cc1. The van der Waals surface area contributed by atoms with E-state index < -0.39 is 28.0 Å². The van der Waals surface area contributed by atoms with Crippen LogP contribution in [-0.2, 0) is 14.8 Å². The normalized spacial score (nSPS) is 13.0. The summed E-state index contributed by atoms with van der Waals surface area (Å²) in [6.45, 7) is 3.71. The van der Waals surface area contributed by atoms with Crippen LogP contribution in [0.1, 0.15) is 20.3 Å². The van der Waals surface area contributed by atoms with Crippen molar-refractivity contribution >= 4 is 33.3 Å². The van der Waals surface area contributed by atoms with Crippen molar-refractivity contribution in [2.75, 3.05) is 17.1 Å². The third-order valence-corrected chi connectivity index (χ3v) is 5.96. The third kappa shape index (κ3) is 6.11. The first-order valence-corrected chi connectivity index (χ1v) is 10.8. The monoisotopic (exact) mass is 434 g/mol. The Morgan fingerprint density at radius 3 is 2.10 bits per heavy atom. The van der Waals surface area contributed by atoms with E-state index in [1.165, 1.54) is 31.4 Å². The Kier molecular flexibility index (Phi) is 7.65. The molecule has 0 aliphatic carbocycles. The summed E-state index contributed by atoms with van der Waals surface area (Å²) < 4.78 is 32.6. The number of hydrogen-bond donors (Lipinski definition) is 4. The molecule has 0 radical (unpaired) electrons. The van der Waals surface area contributed by atoms with Crippen LogP contribution in [0.25, 0.3) is 0 Å². The van der Waals surface area contributed by atoms with Crippen LogP contribution in [0, 0.1) is 5.92 Å². The number of carbonyl (C=O) groups is 2. The number of urea groups is 1. The molecule has 0 aliphatic rings. The predicted octanol–water partition coefficient (Wildman–Crippen LogP) is 2.52. The Morgan fingerprint density at radius 1 is 1.03 bits per heavy atom. The van der Waals surface area contributed by atoms with E-state index in [0.29, 0.717) is 23.5 Å². The van der Waals surface area contributed by atoms with Crippen molar-refractivity contribution < 1.29 is 22.7 Å². The molecular formula is C20H26N4O5S. The zero-order chi connectivity index (χ0) is 22.3. The van der Waals surface area contributed by atoms with Crippen molar-refractivity contribution in [3.8, 4) is 5.75 Å². The lowest BCUT2D eigenvalue weighted by molar-refractivity contribution is -0.119. The van der Waals surface area contributed by atoms with E-state index in [4.69, 9.17) is 10.5 Å². The van der Waals surface area contributed by atoms with Crippen LogP contribution in [0.5, 0.6) is 5.75 Å². The molecule has 30 heavy (non-hydrogen) atoms. The van der Waals surface area contributed by atoms with Gasteiger partial charge in [-0.05, 0) is 54.4 Å². The molecule has 162 valence electrons. The Balaban J connectivity index is 2.10. The molecule has 10 heteroatoms. The highest BCUT2D eigenvalue weighted by Crippen LogP contribution is 2.21. The van der Waals surface area contributed by atoms with Gasteiger partial charge in [-0.25, -0.2) is 13.2 Å². The van der Waals surface area contributed by atoms with Crippen molar-refractivity contribution in [3.63, 3.8) is 0 Å². The van der Waals surface area contributed by atoms with Crippen LogP contribution in [0.3, 0.4) is 0 Å². The minimum absolute atomic E-state index is 0.0325. The van der Waals surface area contributed by atoms with Gasteiger partial charge in [-0.3, -0.25) is 9.52 Å². The van der Waals surface area contributed by atoms with Crippen molar-refractivity contribution in [3.05, 3.63) is 48.5 Å². The van der Waals surface area contributed by atoms with Crippen molar-refractivity contribution in [2.24, 2.45) is 11.7 Å². The van der Waals surface area contributed by atoms with Crippen LogP contribution < -0.4 is 25.8 Å². The van der Waals surface area contributed by atoms with Gasteiger partial charge in [0.1, 0.15) is 11.8 Å². The van der Waals surface area contributed by atoms with Crippen LogP contribution in [0.15, 0.2) is 53.4 Å². The molecule has 5 N–H and O–H groups in total. The summed E-state index contributed by atoms with van der Waals surface area (Å²) in [5.74, 6) is 0.0422. The quantitative estimate of drug-likeness (QED) is 0.480. The predicted molar refractivity (Wildman–Crippen MR) is 115 cm³/mol. The second kappa shape index (κ2) is 9.97. The minimum Gasteiger partial charge on any atom is -0.497 e. The van der Waals surface area contributed by atoms with Gasteiger partial charge in [-0.15, -0.1) is 0 Å². The number of carbonyl (C=O) groups excluding carboxylic acids is 2. The Labute approximate surface area is 176 Å². The fourth-order valence-corrected chi connectivity index (χ4v) is 3.72. The molecule has 3 amide bonds. The number of nitrogens with two attached hydrogens (primary N) is 1. The lowest BCUT2D eigenvalue weighted by Gasteiger charge is -2.22. The molecule has 0 bridgehead atoms. The molecule has 0 saturated carbocycles. The summed E-state index contributed by atoms with van der Waals surface area (Å²) in [6, 6.07) is 10.6. The summed E-state index contributed by atoms with van der Waals surface area (Å²) in [5.41, 5.74) is 5.94. The summed E-state index contributed by atoms with van der Waals surface area (Å²) in [7, 11) is -2.28. The lowest BCUT2D eigenvalue weighted by Crippen LogP contribution is -2.49. The lowest BCUT2D eigenvalue weighted by atomic mass is 9.98. The summed E-state index contributed by atoms with van der Waals surface area (Å²) >= 11 is 0. The first-order chi connectivity index (χ1) is 14.2. The highest BCUT2D eigenvalue weighted by atomic mass is 32.2. The highest BCUT2D eigenvalue weighted by molar-refractivity contribution is 7.92. The number of hydrogen-bond acceptors (Lipinski definition) is 5. The molecule has 0 unspecified atom stereocenters. The zero-order valence-corrected chi connectivity index (χ0v) is 17.8. The number of nitrogens with one attached hydrogen (secondary N) is 3. The second-order valence-corrected chi connectivity index (χ2v) is 8.40. The molecule has 2 aromatic rings. The van der Waals surface area contributed by atoms with E-state index in [-0.39, 0.29) is 10.8 Å². The highest BCUT2D eigenvalue weighted by Gasteiger charge is 2.25. The van der Waals surface area contributed by atoms with Crippen LogP contribution in [0.4, 0.5) is 16.2 Å². The fraction of sp³-hybridized carbons (Fsp3) is 0.300. The average molecular weight is 435 g/mol. The van der Waals surface area contributed by atoms with E-state index in [0.717, 1.165) is 0 Å². The number of methoxy groups -OCH3 is 1. The molecule has 0 heterocycles. The summed E-state index contributed by atoms with van der Waals surface area (Å²) in [6.07, 6.45) is 0.659. The average Bonchev–Trinajstić information content (AvgIpc) is 2.72. The van der Waals surface area contributed by atoms with Crippen LogP contribution in [0.2, 0.25) is 0 Å². The van der Waals surface area contributed by atoms with Gasteiger partial charge in [0.2, 0.25) is 5.91 Å². The molecule has 0 fully saturated rings. The Hall–Kier alpha value is -3.27. The van der Waals surface area contributed by atoms with Gasteiger partial charge in [-0.1, -0.05) is 20.3 Å². The van der Waals surface area contributed by atoms with Gasteiger partial charge in [0.05, 0.1) is 12.0 Å². The smallest absolute Gasteiger partial charge is 0.312 e. The molecule has 9 nitrogen and oxygen atoms in total. The third-order valence-electron chi connectivity index (χ3n) is 4.57. The van der Waals surface area contributed by atoms with E-state index >= 15 is 0 Å². The standard InChI is InChI=1S/C20H26N4O5S/c1-4-13(2)18(23-20(21)26)19(25)22-14-7-11-17(12-8-14)30(27,28)24-15-5-9-16(29-3)10-6-15/h5-13,18,24H,4H2,1-3H3,(H,22,25)(H3,21,23,26)/t13-,18-/m1/s1. The van der Waals surface area contributed by atoms with Gasteiger partial charge >= 0.3 is 6.03 Å². The summed E-state index contributed by atoms with van der Waals surface area (Å²) in [5, 5.41) is 5.10. The topological polar surface area (TPSA) is 140 Å². The van der Waals surface area contributed by atoms with E-state index in [2.05, 4.69) is 15.4 Å². The van der Waals surface area contributed by atoms with Crippen molar-refractivity contribution in [1.82, 2.24) is 5.32 Å².